The largest absolute Gasteiger partial charge is 0.726 e. The van der Waals surface area contributed by atoms with Crippen molar-refractivity contribution in [2.24, 2.45) is 0 Å². The Balaban J connectivity index is 0.000000438. The lowest BCUT2D eigenvalue weighted by Gasteiger charge is -2.19. The minimum atomic E-state index is -4.41. The van der Waals surface area contributed by atoms with E-state index in [0.29, 0.717) is 0 Å². The molecule has 4 nitrogen and oxygen atoms in total. The fourth-order valence-electron chi connectivity index (χ4n) is 2.85. The van der Waals surface area contributed by atoms with E-state index < -0.39 is 18.3 Å². The Morgan fingerprint density at radius 3 is 1.38 bits per heavy atom. The second-order valence-corrected chi connectivity index (χ2v) is 11.1. The van der Waals surface area contributed by atoms with Crippen molar-refractivity contribution in [1.82, 2.24) is 0 Å². The van der Waals surface area contributed by atoms with Crippen LogP contribution in [0.15, 0.2) is 84.9 Å². The molecule has 0 amide bonds. The Labute approximate surface area is 175 Å². The normalized spacial score (nSPS) is 11.7. The third-order valence-corrected chi connectivity index (χ3v) is 7.51. The Kier molecular flexibility index (Phi) is 8.12. The summed E-state index contributed by atoms with van der Waals surface area (Å²) in [6.07, 6.45) is 0. The average Bonchev–Trinajstić information content (AvgIpc) is 2.70. The summed E-state index contributed by atoms with van der Waals surface area (Å²) < 4.78 is 31.0. The van der Waals surface area contributed by atoms with Crippen LogP contribution in [0.4, 0.5) is 0 Å². The number of benzene rings is 3. The number of hydrogen-bond acceptors (Lipinski definition) is 4. The lowest BCUT2D eigenvalue weighted by Crippen LogP contribution is -2.21. The van der Waals surface area contributed by atoms with Crippen LogP contribution in [0.1, 0.15) is 26.3 Å². The standard InChI is InChI=1S/C22H23P.CH4O4S/c1-22(2,3)18-14-16-21(17-15-18)23(19-10-6-4-7-11-19)20-12-8-5-9-13-20;1-5-6(2,3)4/h4-17H,1-3H3;1H3,(H,2,3,4). The van der Waals surface area contributed by atoms with Crippen molar-refractivity contribution >= 4 is 34.2 Å². The molecule has 0 bridgehead atoms. The highest BCUT2D eigenvalue weighted by Crippen LogP contribution is 2.33. The average molecular weight is 431 g/mol. The molecule has 0 atom stereocenters. The van der Waals surface area contributed by atoms with Gasteiger partial charge in [-0.05, 0) is 47.4 Å². The molecule has 0 aliphatic carbocycles. The number of rotatable bonds is 4. The predicted molar refractivity (Wildman–Crippen MR) is 122 cm³/mol. The zero-order chi connectivity index (χ0) is 21.5. The zero-order valence-corrected chi connectivity index (χ0v) is 18.9. The van der Waals surface area contributed by atoms with Crippen LogP contribution in [0.25, 0.3) is 0 Å². The lowest BCUT2D eigenvalue weighted by atomic mass is 9.87. The third kappa shape index (κ3) is 7.37. The molecule has 3 aromatic rings. The van der Waals surface area contributed by atoms with Gasteiger partial charge in [-0.2, -0.15) is 0 Å². The molecule has 0 radical (unpaired) electrons. The van der Waals surface area contributed by atoms with Gasteiger partial charge in [0, 0.05) is 0 Å². The van der Waals surface area contributed by atoms with Crippen LogP contribution in [0, 0.1) is 0 Å². The fraction of sp³-hybridized carbons (Fsp3) is 0.217. The van der Waals surface area contributed by atoms with Crippen molar-refractivity contribution in [3.05, 3.63) is 90.5 Å². The van der Waals surface area contributed by atoms with Crippen molar-refractivity contribution in [2.75, 3.05) is 7.11 Å². The predicted octanol–water partition coefficient (Wildman–Crippen LogP) is 3.57. The minimum Gasteiger partial charge on any atom is -0.726 e. The van der Waals surface area contributed by atoms with Gasteiger partial charge in [0.1, 0.15) is 15.9 Å². The van der Waals surface area contributed by atoms with Crippen LogP contribution in [-0.4, -0.2) is 20.1 Å². The molecule has 0 fully saturated rings. The van der Waals surface area contributed by atoms with Gasteiger partial charge < -0.3 is 4.55 Å². The highest BCUT2D eigenvalue weighted by Gasteiger charge is 2.25. The van der Waals surface area contributed by atoms with E-state index in [1.54, 1.807) is 0 Å². The maximum Gasteiger partial charge on any atom is 0.217 e. The summed E-state index contributed by atoms with van der Waals surface area (Å²) in [6.45, 7) is 6.80. The molecule has 0 aliphatic rings. The maximum atomic E-state index is 9.22. The molecule has 0 unspecified atom stereocenters. The van der Waals surface area contributed by atoms with Gasteiger partial charge in [-0.1, -0.05) is 69.3 Å². The lowest BCUT2D eigenvalue weighted by molar-refractivity contribution is 0.314. The van der Waals surface area contributed by atoms with Crippen LogP contribution in [-0.2, 0) is 20.0 Å². The summed E-state index contributed by atoms with van der Waals surface area (Å²) in [6, 6.07) is 31.1. The van der Waals surface area contributed by atoms with E-state index in [1.807, 2.05) is 0 Å². The summed E-state index contributed by atoms with van der Waals surface area (Å²) in [5.41, 5.74) is 1.59. The summed E-state index contributed by atoms with van der Waals surface area (Å²) in [7, 11) is -4.54. The SMILES string of the molecule is CC(C)(C)c1ccc([PH+](c2ccccc2)c2ccccc2)cc1.COS(=O)(=O)[O-]. The molecular weight excluding hydrogens is 403 g/mol. The fourth-order valence-corrected chi connectivity index (χ4v) is 5.40. The van der Waals surface area contributed by atoms with Crippen molar-refractivity contribution in [3.8, 4) is 0 Å². The van der Waals surface area contributed by atoms with Gasteiger partial charge in [-0.3, -0.25) is 4.18 Å². The van der Waals surface area contributed by atoms with Gasteiger partial charge >= 0.3 is 0 Å². The molecule has 6 heteroatoms. The summed E-state index contributed by atoms with van der Waals surface area (Å²) in [5, 5.41) is 4.32. The monoisotopic (exact) mass is 430 g/mol. The number of hydrogen-bond donors (Lipinski definition) is 0. The van der Waals surface area contributed by atoms with Crippen LogP contribution in [0.5, 0.6) is 0 Å². The van der Waals surface area contributed by atoms with Gasteiger partial charge in [0.25, 0.3) is 0 Å². The Morgan fingerprint density at radius 1 is 0.724 bits per heavy atom. The van der Waals surface area contributed by atoms with E-state index in [2.05, 4.69) is 110 Å². The molecule has 3 aromatic carbocycles. The van der Waals surface area contributed by atoms with Gasteiger partial charge in [-0.25, -0.2) is 8.42 Å². The van der Waals surface area contributed by atoms with E-state index in [-0.39, 0.29) is 5.41 Å². The van der Waals surface area contributed by atoms with Crippen LogP contribution >= 0.6 is 7.92 Å². The topological polar surface area (TPSA) is 66.4 Å². The van der Waals surface area contributed by atoms with E-state index in [0.717, 1.165) is 7.11 Å². The van der Waals surface area contributed by atoms with Gasteiger partial charge in [-0.15, -0.1) is 0 Å². The Morgan fingerprint density at radius 2 is 1.07 bits per heavy atom. The smallest absolute Gasteiger partial charge is 0.217 e. The first-order valence-corrected chi connectivity index (χ1v) is 12.1. The first kappa shape index (κ1) is 23.2. The Bertz CT molecular complexity index is 941. The first-order chi connectivity index (χ1) is 13.6. The first-order valence-electron chi connectivity index (χ1n) is 9.22. The molecule has 0 aliphatic heterocycles. The molecule has 0 heterocycles. The van der Waals surface area contributed by atoms with Gasteiger partial charge in [0.05, 0.1) is 15.0 Å². The van der Waals surface area contributed by atoms with E-state index in [9.17, 15) is 13.0 Å². The summed E-state index contributed by atoms with van der Waals surface area (Å²) >= 11 is 0. The molecule has 3 rings (SSSR count). The van der Waals surface area contributed by atoms with Crippen molar-refractivity contribution in [1.29, 1.82) is 0 Å². The van der Waals surface area contributed by atoms with Crippen LogP contribution in [0.3, 0.4) is 0 Å². The van der Waals surface area contributed by atoms with E-state index in [1.165, 1.54) is 21.5 Å². The van der Waals surface area contributed by atoms with Crippen LogP contribution in [0.2, 0.25) is 0 Å². The zero-order valence-electron chi connectivity index (χ0n) is 17.1. The highest BCUT2D eigenvalue weighted by atomic mass is 32.3. The molecule has 0 saturated heterocycles. The quantitative estimate of drug-likeness (QED) is 0.361. The van der Waals surface area contributed by atoms with Crippen LogP contribution < -0.4 is 15.9 Å². The minimum absolute atomic E-state index is 0.199. The van der Waals surface area contributed by atoms with Crippen molar-refractivity contribution in [3.63, 3.8) is 0 Å². The summed E-state index contributed by atoms with van der Waals surface area (Å²) in [4.78, 5) is 0. The molecule has 29 heavy (non-hydrogen) atoms. The van der Waals surface area contributed by atoms with Gasteiger partial charge in [0.15, 0.2) is 0 Å². The highest BCUT2D eigenvalue weighted by molar-refractivity contribution is 7.80. The van der Waals surface area contributed by atoms with Crippen molar-refractivity contribution < 1.29 is 17.2 Å². The second kappa shape index (κ2) is 10.1. The molecule has 0 aromatic heterocycles. The molecular formula is C23H27O4PS. The molecule has 0 N–H and O–H groups in total. The molecule has 154 valence electrons. The van der Waals surface area contributed by atoms with E-state index in [4.69, 9.17) is 0 Å². The molecule has 0 saturated carbocycles. The van der Waals surface area contributed by atoms with Crippen molar-refractivity contribution in [2.45, 2.75) is 26.2 Å². The molecule has 0 spiro atoms. The second-order valence-electron chi connectivity index (χ2n) is 7.51. The maximum absolute atomic E-state index is 9.22. The third-order valence-electron chi connectivity index (χ3n) is 4.37. The van der Waals surface area contributed by atoms with E-state index >= 15 is 0 Å². The summed E-state index contributed by atoms with van der Waals surface area (Å²) in [5.74, 6) is 0. The Hall–Kier alpha value is -2.04. The van der Waals surface area contributed by atoms with Gasteiger partial charge in [0.2, 0.25) is 10.4 Å².